The predicted molar refractivity (Wildman–Crippen MR) is 103 cm³/mol. The van der Waals surface area contributed by atoms with Crippen LogP contribution in [0.1, 0.15) is 35.7 Å². The molecule has 148 valence electrons. The number of nitrogens with zero attached hydrogens (tertiary/aromatic N) is 3. The molecule has 8 heteroatoms. The van der Waals surface area contributed by atoms with Gasteiger partial charge in [-0.3, -0.25) is 18.6 Å². The summed E-state index contributed by atoms with van der Waals surface area (Å²) >= 11 is 4.66. The van der Waals surface area contributed by atoms with Gasteiger partial charge in [0.2, 0.25) is 0 Å². The van der Waals surface area contributed by atoms with Crippen LogP contribution in [0.4, 0.5) is 14.5 Å². The van der Waals surface area contributed by atoms with E-state index in [9.17, 15) is 13.6 Å². The van der Waals surface area contributed by atoms with Crippen molar-refractivity contribution in [3.63, 3.8) is 0 Å². The van der Waals surface area contributed by atoms with E-state index >= 15 is 0 Å². The molecule has 0 bridgehead atoms. The van der Waals surface area contributed by atoms with Crippen LogP contribution < -0.4 is 0 Å². The molecule has 0 saturated carbocycles. The minimum absolute atomic E-state index is 0. The van der Waals surface area contributed by atoms with E-state index in [4.69, 9.17) is 6.57 Å². The first kappa shape index (κ1) is 22.7. The van der Waals surface area contributed by atoms with Crippen molar-refractivity contribution >= 4 is 23.4 Å². The van der Waals surface area contributed by atoms with Crippen molar-refractivity contribution in [2.75, 3.05) is 0 Å². The van der Waals surface area contributed by atoms with Crippen molar-refractivity contribution in [1.29, 1.82) is 0 Å². The fourth-order valence-corrected chi connectivity index (χ4v) is 2.84. The van der Waals surface area contributed by atoms with E-state index < -0.39 is 27.9 Å². The molecule has 2 aromatic heterocycles. The summed E-state index contributed by atoms with van der Waals surface area (Å²) in [7, 11) is 0. The van der Waals surface area contributed by atoms with Gasteiger partial charge in [0.05, 0.1) is 23.1 Å². The fourth-order valence-electron chi connectivity index (χ4n) is 2.73. The second-order valence-corrected chi connectivity index (χ2v) is 6.89. The Kier molecular flexibility index (Phi) is 6.94. The normalized spacial score (nSPS) is 10.7. The van der Waals surface area contributed by atoms with E-state index in [1.165, 1.54) is 6.07 Å². The zero-order valence-electron chi connectivity index (χ0n) is 15.3. The summed E-state index contributed by atoms with van der Waals surface area (Å²) in [6.07, 6.45) is 0. The van der Waals surface area contributed by atoms with Gasteiger partial charge in [-0.25, -0.2) is 0 Å². The van der Waals surface area contributed by atoms with Crippen molar-refractivity contribution in [1.82, 2.24) is 9.97 Å². The van der Waals surface area contributed by atoms with Gasteiger partial charge >= 0.3 is 21.1 Å². The third kappa shape index (κ3) is 4.39. The molecule has 0 spiro atoms. The molecule has 1 aromatic carbocycles. The molecule has 0 atom stereocenters. The number of benzene rings is 1. The molecule has 29 heavy (non-hydrogen) atoms. The van der Waals surface area contributed by atoms with Crippen molar-refractivity contribution < 1.29 is 34.6 Å². The maximum atomic E-state index is 14.5. The first-order chi connectivity index (χ1) is 13.3. The molecule has 3 rings (SSSR count). The van der Waals surface area contributed by atoms with E-state index in [1.54, 1.807) is 30.3 Å². The van der Waals surface area contributed by atoms with Gasteiger partial charge in [0.15, 0.2) is 5.69 Å². The number of hydrogen-bond donors (Lipinski definition) is 0. The quantitative estimate of drug-likeness (QED) is 0.325. The summed E-state index contributed by atoms with van der Waals surface area (Å²) in [5.41, 5.74) is -0.0206. The van der Waals surface area contributed by atoms with Crippen LogP contribution in [-0.4, -0.2) is 15.1 Å². The Hall–Kier alpha value is -2.55. The van der Waals surface area contributed by atoms with Gasteiger partial charge in [-0.05, 0) is 37.7 Å². The zero-order valence-corrected chi connectivity index (χ0v) is 18.4. The first-order valence-electron chi connectivity index (χ1n) is 8.19. The van der Waals surface area contributed by atoms with Gasteiger partial charge in [-0.1, -0.05) is 18.2 Å². The van der Waals surface area contributed by atoms with Crippen LogP contribution in [0.3, 0.4) is 0 Å². The molecule has 2 heterocycles. The van der Waals surface area contributed by atoms with Crippen LogP contribution in [0, 0.1) is 24.3 Å². The van der Waals surface area contributed by atoms with Crippen LogP contribution in [-0.2, 0) is 39.1 Å². The number of carbonyl (C=O) groups is 1. The van der Waals surface area contributed by atoms with E-state index in [-0.39, 0.29) is 38.0 Å². The monoisotopic (exact) mass is 588 g/mol. The van der Waals surface area contributed by atoms with E-state index in [2.05, 4.69) is 33.5 Å². The maximum absolute atomic E-state index is 14.5. The number of hydrogen-bond acceptors (Lipinski definition) is 4. The predicted octanol–water partition coefficient (Wildman–Crippen LogP) is 4.78. The molecule has 0 unspecified atom stereocenters. The van der Waals surface area contributed by atoms with E-state index in [0.717, 1.165) is 6.07 Å². The Morgan fingerprint density at radius 1 is 1.14 bits per heavy atom. The standard InChI is InChI=1S/C21H14F2N3OS.Pt/c1-21(2,17-9-5-7-15(26-17)20(27)28)16-8-4-6-14(25-16)12-10-11-13(22)19(24-3)18(12)23;/h4-9,11H,1-2H3,(H,27,28);/q-1;+2/p-1. The Balaban J connectivity index is 0.00000300. The molecule has 0 aliphatic heterocycles. The van der Waals surface area contributed by atoms with Crippen LogP contribution in [0.25, 0.3) is 16.1 Å². The van der Waals surface area contributed by atoms with Gasteiger partial charge in [0.1, 0.15) is 0 Å². The molecule has 0 aliphatic rings. The van der Waals surface area contributed by atoms with Crippen molar-refractivity contribution in [3.8, 4) is 11.3 Å². The van der Waals surface area contributed by atoms with Gasteiger partial charge in [0, 0.05) is 22.7 Å². The molecule has 0 fully saturated rings. The second-order valence-electron chi connectivity index (χ2n) is 6.51. The molecule has 0 N–H and O–H groups in total. The third-order valence-corrected chi connectivity index (χ3v) is 4.56. The molecule has 0 aliphatic carbocycles. The number of halogens is 2. The Morgan fingerprint density at radius 3 is 2.38 bits per heavy atom. The molecule has 4 nitrogen and oxygen atoms in total. The number of aromatic nitrogens is 2. The first-order valence-corrected chi connectivity index (χ1v) is 8.60. The number of carbonyl (C=O) groups excluding carboxylic acids is 1. The topological polar surface area (TPSA) is 47.2 Å². The van der Waals surface area contributed by atoms with Gasteiger partial charge in [-0.15, -0.1) is 17.7 Å². The Morgan fingerprint density at radius 2 is 1.76 bits per heavy atom. The Labute approximate surface area is 186 Å². The summed E-state index contributed by atoms with van der Waals surface area (Å²) in [6, 6.07) is 13.4. The van der Waals surface area contributed by atoms with Crippen LogP contribution >= 0.6 is 0 Å². The van der Waals surface area contributed by atoms with Gasteiger partial charge in [0.25, 0.3) is 0 Å². The second kappa shape index (κ2) is 8.85. The largest absolute Gasteiger partial charge is 2.00 e. The molecular weight excluding hydrogens is 575 g/mol. The summed E-state index contributed by atoms with van der Waals surface area (Å²) in [4.78, 5) is 23.2. The molecule has 0 amide bonds. The molecule has 0 radical (unpaired) electrons. The van der Waals surface area contributed by atoms with Crippen molar-refractivity contribution in [3.05, 3.63) is 88.7 Å². The summed E-state index contributed by atoms with van der Waals surface area (Å²) in [5, 5.41) is -0.561. The summed E-state index contributed by atoms with van der Waals surface area (Å²) < 4.78 is 28.1. The SMILES string of the molecule is [C-]#[N+]c1c(F)c[c-]c(-c2cccc(C(C)(C)c3cccc(C(=O)[S-])n3)n2)c1F.[Pt+2]. The van der Waals surface area contributed by atoms with Crippen molar-refractivity contribution in [2.45, 2.75) is 19.3 Å². The number of pyridine rings is 2. The number of rotatable bonds is 4. The average Bonchev–Trinajstić information content (AvgIpc) is 2.68. The smallest absolute Gasteiger partial charge is 0.735 e. The van der Waals surface area contributed by atoms with Crippen LogP contribution in [0.15, 0.2) is 42.5 Å². The third-order valence-electron chi connectivity index (χ3n) is 4.35. The fraction of sp³-hybridized carbons (Fsp3) is 0.143. The van der Waals surface area contributed by atoms with Crippen LogP contribution in [0.5, 0.6) is 0 Å². The minimum Gasteiger partial charge on any atom is -0.735 e. The van der Waals surface area contributed by atoms with E-state index in [1.807, 2.05) is 13.8 Å². The average molecular weight is 588 g/mol. The molecule has 0 saturated heterocycles. The molecule has 3 aromatic rings. The Bertz CT molecular complexity index is 1130. The summed E-state index contributed by atoms with van der Waals surface area (Å²) in [6.45, 7) is 10.7. The van der Waals surface area contributed by atoms with E-state index in [0.29, 0.717) is 11.4 Å². The van der Waals surface area contributed by atoms with Gasteiger partial charge in [-0.2, -0.15) is 0 Å². The summed E-state index contributed by atoms with van der Waals surface area (Å²) in [5.74, 6) is -1.98. The molecular formula is C21H13F2N3OPtS. The van der Waals surface area contributed by atoms with Gasteiger partial charge < -0.3 is 22.4 Å². The van der Waals surface area contributed by atoms with Crippen LogP contribution in [0.2, 0.25) is 0 Å². The zero-order chi connectivity index (χ0) is 20.5. The van der Waals surface area contributed by atoms with Crippen molar-refractivity contribution in [2.24, 2.45) is 0 Å². The maximum Gasteiger partial charge on any atom is 2.00 e. The minimum atomic E-state index is -1.01.